The van der Waals surface area contributed by atoms with E-state index in [9.17, 15) is 0 Å². The van der Waals surface area contributed by atoms with Crippen LogP contribution < -0.4 is 10.6 Å². The smallest absolute Gasteiger partial charge is 0.0491 e. The second kappa shape index (κ2) is 6.27. The van der Waals surface area contributed by atoms with Gasteiger partial charge in [0.15, 0.2) is 0 Å². The molecule has 0 amide bonds. The number of nitrogens with zero attached hydrogens (tertiary/aromatic N) is 1. The van der Waals surface area contributed by atoms with Crippen LogP contribution in [0.15, 0.2) is 50.1 Å². The highest BCUT2D eigenvalue weighted by Crippen LogP contribution is 2.13. The standard InChI is InChI=1S/C20H21N/c1-6-17-18(7-2)20(21(5)19(17)8-3)14-15(4)16-12-10-9-11-13-16/h6-14H,1,3-4H2,2,5H3/b18-7-,20-14+. The maximum absolute atomic E-state index is 4.19. The molecule has 1 aromatic heterocycles. The molecule has 0 aliphatic heterocycles. The van der Waals surface area contributed by atoms with Gasteiger partial charge in [0, 0.05) is 28.9 Å². The lowest BCUT2D eigenvalue weighted by Crippen LogP contribution is -2.28. The maximum atomic E-state index is 4.19. The molecular formula is C20H21N. The van der Waals surface area contributed by atoms with E-state index in [0.717, 1.165) is 27.7 Å². The van der Waals surface area contributed by atoms with Crippen LogP contribution in [-0.2, 0) is 7.05 Å². The Morgan fingerprint density at radius 2 is 1.76 bits per heavy atom. The number of allylic oxidation sites excluding steroid dienone is 1. The molecule has 2 rings (SSSR count). The van der Waals surface area contributed by atoms with Gasteiger partial charge in [0.05, 0.1) is 0 Å². The van der Waals surface area contributed by atoms with Gasteiger partial charge in [-0.2, -0.15) is 0 Å². The Bertz CT molecular complexity index is 802. The first-order valence-corrected chi connectivity index (χ1v) is 7.00. The number of hydrogen-bond donors (Lipinski definition) is 0. The predicted molar refractivity (Wildman–Crippen MR) is 94.9 cm³/mol. The van der Waals surface area contributed by atoms with Crippen LogP contribution in [-0.4, -0.2) is 4.57 Å². The molecule has 21 heavy (non-hydrogen) atoms. The van der Waals surface area contributed by atoms with Crippen molar-refractivity contribution in [2.24, 2.45) is 7.05 Å². The lowest BCUT2D eigenvalue weighted by molar-refractivity contribution is 0.877. The van der Waals surface area contributed by atoms with Crippen molar-refractivity contribution < 1.29 is 0 Å². The molecule has 0 fully saturated rings. The first-order chi connectivity index (χ1) is 10.1. The summed E-state index contributed by atoms with van der Waals surface area (Å²) in [6, 6.07) is 10.2. The summed E-state index contributed by atoms with van der Waals surface area (Å²) in [5.41, 5.74) is 4.30. The van der Waals surface area contributed by atoms with Gasteiger partial charge in [0.1, 0.15) is 0 Å². The fourth-order valence-corrected chi connectivity index (χ4v) is 2.61. The van der Waals surface area contributed by atoms with Crippen molar-refractivity contribution in [1.29, 1.82) is 0 Å². The van der Waals surface area contributed by atoms with Crippen molar-refractivity contribution in [1.82, 2.24) is 4.57 Å². The molecule has 0 atom stereocenters. The zero-order valence-electron chi connectivity index (χ0n) is 12.8. The van der Waals surface area contributed by atoms with Crippen LogP contribution in [0.4, 0.5) is 0 Å². The number of hydrogen-bond acceptors (Lipinski definition) is 0. The Balaban J connectivity index is 2.73. The summed E-state index contributed by atoms with van der Waals surface area (Å²) >= 11 is 0. The van der Waals surface area contributed by atoms with Crippen LogP contribution in [0, 0.1) is 0 Å². The van der Waals surface area contributed by atoms with Gasteiger partial charge in [-0.1, -0.05) is 62.2 Å². The van der Waals surface area contributed by atoms with Crippen LogP contribution in [0.1, 0.15) is 23.7 Å². The average molecular weight is 275 g/mol. The van der Waals surface area contributed by atoms with Gasteiger partial charge in [-0.25, -0.2) is 0 Å². The highest BCUT2D eigenvalue weighted by atomic mass is 14.9. The highest BCUT2D eigenvalue weighted by molar-refractivity contribution is 5.86. The monoisotopic (exact) mass is 275 g/mol. The van der Waals surface area contributed by atoms with Crippen LogP contribution in [0.3, 0.4) is 0 Å². The molecule has 0 saturated heterocycles. The van der Waals surface area contributed by atoms with Crippen molar-refractivity contribution in [2.75, 3.05) is 0 Å². The zero-order chi connectivity index (χ0) is 15.4. The molecule has 1 aromatic carbocycles. The van der Waals surface area contributed by atoms with Crippen molar-refractivity contribution >= 4 is 29.9 Å². The molecule has 0 bridgehead atoms. The van der Waals surface area contributed by atoms with Gasteiger partial charge in [0.25, 0.3) is 0 Å². The third-order valence-electron chi connectivity index (χ3n) is 3.71. The number of rotatable bonds is 4. The summed E-state index contributed by atoms with van der Waals surface area (Å²) in [7, 11) is 2.04. The molecule has 1 heterocycles. The summed E-state index contributed by atoms with van der Waals surface area (Å²) in [5, 5.41) is 2.29. The molecular weight excluding hydrogens is 254 g/mol. The van der Waals surface area contributed by atoms with E-state index in [0.29, 0.717) is 0 Å². The zero-order valence-corrected chi connectivity index (χ0v) is 12.8. The molecule has 2 aromatic rings. The molecule has 1 heteroatoms. The van der Waals surface area contributed by atoms with Crippen molar-refractivity contribution in [3.8, 4) is 0 Å². The van der Waals surface area contributed by atoms with Gasteiger partial charge in [0.2, 0.25) is 0 Å². The summed E-state index contributed by atoms with van der Waals surface area (Å²) < 4.78 is 2.13. The maximum Gasteiger partial charge on any atom is 0.0491 e. The lowest BCUT2D eigenvalue weighted by Gasteiger charge is -2.01. The third-order valence-corrected chi connectivity index (χ3v) is 3.71. The van der Waals surface area contributed by atoms with E-state index in [4.69, 9.17) is 0 Å². The number of aromatic nitrogens is 1. The first kappa shape index (κ1) is 14.9. The second-order valence-electron chi connectivity index (χ2n) is 4.89. The minimum Gasteiger partial charge on any atom is -0.344 e. The van der Waals surface area contributed by atoms with Crippen LogP contribution in [0.2, 0.25) is 0 Å². The Kier molecular flexibility index (Phi) is 4.44. The first-order valence-electron chi connectivity index (χ1n) is 7.00. The minimum atomic E-state index is 0.991. The van der Waals surface area contributed by atoms with E-state index in [2.05, 4.69) is 48.6 Å². The van der Waals surface area contributed by atoms with Crippen LogP contribution >= 0.6 is 0 Å². The van der Waals surface area contributed by atoms with Gasteiger partial charge in [-0.15, -0.1) is 0 Å². The predicted octanol–water partition coefficient (Wildman–Crippen LogP) is 3.61. The van der Waals surface area contributed by atoms with Gasteiger partial charge in [-0.3, -0.25) is 0 Å². The molecule has 0 radical (unpaired) electrons. The molecule has 0 aliphatic rings. The SMILES string of the molecule is C=Cc1c(C=C)n(C)c(=C/C(=C)c2ccccc2)/c1=C\C. The van der Waals surface area contributed by atoms with Crippen molar-refractivity contribution in [3.05, 3.63) is 77.5 Å². The van der Waals surface area contributed by atoms with E-state index in [1.165, 1.54) is 5.22 Å². The lowest BCUT2D eigenvalue weighted by atomic mass is 10.1. The van der Waals surface area contributed by atoms with E-state index >= 15 is 0 Å². The Hall–Kier alpha value is -2.54. The van der Waals surface area contributed by atoms with Gasteiger partial charge in [-0.05, 0) is 30.2 Å². The topological polar surface area (TPSA) is 4.93 Å². The third kappa shape index (κ3) is 2.68. The second-order valence-corrected chi connectivity index (χ2v) is 4.89. The van der Waals surface area contributed by atoms with Crippen molar-refractivity contribution in [3.63, 3.8) is 0 Å². The molecule has 0 N–H and O–H groups in total. The van der Waals surface area contributed by atoms with Gasteiger partial charge >= 0.3 is 0 Å². The molecule has 1 nitrogen and oxygen atoms in total. The van der Waals surface area contributed by atoms with E-state index < -0.39 is 0 Å². The summed E-state index contributed by atoms with van der Waals surface area (Å²) in [6.45, 7) is 14.1. The normalized spacial score (nSPS) is 12.5. The number of benzene rings is 1. The molecule has 106 valence electrons. The highest BCUT2D eigenvalue weighted by Gasteiger charge is 2.07. The molecule has 0 unspecified atom stereocenters. The van der Waals surface area contributed by atoms with E-state index in [1.807, 2.05) is 44.3 Å². The van der Waals surface area contributed by atoms with Gasteiger partial charge < -0.3 is 4.57 Å². The fourth-order valence-electron chi connectivity index (χ4n) is 2.61. The fraction of sp³-hybridized carbons (Fsp3) is 0.100. The quantitative estimate of drug-likeness (QED) is 0.803. The average Bonchev–Trinajstić information content (AvgIpc) is 2.79. The summed E-state index contributed by atoms with van der Waals surface area (Å²) in [5.74, 6) is 0. The summed E-state index contributed by atoms with van der Waals surface area (Å²) in [4.78, 5) is 0. The molecule has 0 saturated carbocycles. The largest absolute Gasteiger partial charge is 0.344 e. The minimum absolute atomic E-state index is 0.991. The Morgan fingerprint density at radius 1 is 1.10 bits per heavy atom. The Labute approximate surface area is 126 Å². The van der Waals surface area contributed by atoms with E-state index in [-0.39, 0.29) is 0 Å². The Morgan fingerprint density at radius 3 is 2.29 bits per heavy atom. The van der Waals surface area contributed by atoms with Crippen LogP contribution in [0.25, 0.3) is 29.9 Å². The van der Waals surface area contributed by atoms with Crippen LogP contribution in [0.5, 0.6) is 0 Å². The van der Waals surface area contributed by atoms with Crippen molar-refractivity contribution in [2.45, 2.75) is 6.92 Å². The molecule has 0 spiro atoms. The molecule has 0 aliphatic carbocycles. The summed E-state index contributed by atoms with van der Waals surface area (Å²) in [6.07, 6.45) is 7.97. The van der Waals surface area contributed by atoms with E-state index in [1.54, 1.807) is 0 Å².